The highest BCUT2D eigenvalue weighted by Gasteiger charge is 2.15. The minimum atomic E-state index is -0.533. The number of methoxy groups -OCH3 is 1. The van der Waals surface area contributed by atoms with Gasteiger partial charge < -0.3 is 18.7 Å². The third-order valence-corrected chi connectivity index (χ3v) is 4.90. The second kappa shape index (κ2) is 10.6. The Kier molecular flexibility index (Phi) is 7.59. The molecule has 0 amide bonds. The summed E-state index contributed by atoms with van der Waals surface area (Å²) < 4.78 is 34.5. The van der Waals surface area contributed by atoms with E-state index in [9.17, 15) is 14.0 Å². The number of carbonyl (C=O) groups excluding carboxylic acids is 2. The zero-order valence-corrected chi connectivity index (χ0v) is 18.1. The molecule has 0 bridgehead atoms. The van der Waals surface area contributed by atoms with Gasteiger partial charge >= 0.3 is 5.97 Å². The number of carbonyl (C=O) groups is 2. The van der Waals surface area contributed by atoms with Crippen LogP contribution in [0.4, 0.5) is 4.39 Å². The van der Waals surface area contributed by atoms with Gasteiger partial charge in [-0.15, -0.1) is 0 Å². The topological polar surface area (TPSA) is 87.9 Å². The van der Waals surface area contributed by atoms with E-state index in [1.165, 1.54) is 37.4 Å². The summed E-state index contributed by atoms with van der Waals surface area (Å²) in [5.41, 5.74) is 2.33. The van der Waals surface area contributed by atoms with E-state index < -0.39 is 11.8 Å². The molecular formula is C24H24FNO6. The van der Waals surface area contributed by atoms with Crippen molar-refractivity contribution in [1.29, 1.82) is 0 Å². The quantitative estimate of drug-likeness (QED) is 0.253. The number of aromatic nitrogens is 1. The minimum Gasteiger partial charge on any atom is -0.493 e. The summed E-state index contributed by atoms with van der Waals surface area (Å²) in [6.07, 6.45) is 0.550. The third kappa shape index (κ3) is 5.72. The summed E-state index contributed by atoms with van der Waals surface area (Å²) in [6, 6.07) is 10.1. The first kappa shape index (κ1) is 23.0. The Morgan fingerprint density at radius 1 is 1.03 bits per heavy atom. The van der Waals surface area contributed by atoms with Gasteiger partial charge in [-0.2, -0.15) is 0 Å². The van der Waals surface area contributed by atoms with Crippen LogP contribution in [0.25, 0.3) is 0 Å². The Morgan fingerprint density at radius 3 is 2.41 bits per heavy atom. The van der Waals surface area contributed by atoms with Crippen molar-refractivity contribution in [2.75, 3.05) is 13.7 Å². The molecule has 3 aromatic rings. The molecule has 0 aliphatic rings. The van der Waals surface area contributed by atoms with E-state index in [0.29, 0.717) is 34.8 Å². The van der Waals surface area contributed by atoms with Crippen LogP contribution in [-0.2, 0) is 11.3 Å². The molecule has 168 valence electrons. The van der Waals surface area contributed by atoms with Crippen LogP contribution in [0.3, 0.4) is 0 Å². The molecule has 0 atom stereocenters. The van der Waals surface area contributed by atoms with Crippen LogP contribution >= 0.6 is 0 Å². The molecule has 32 heavy (non-hydrogen) atoms. The molecule has 2 aromatic carbocycles. The molecule has 1 heterocycles. The summed E-state index contributed by atoms with van der Waals surface area (Å²) in [5.74, 6) is 0.467. The summed E-state index contributed by atoms with van der Waals surface area (Å²) in [7, 11) is 1.48. The van der Waals surface area contributed by atoms with Crippen LogP contribution in [0.1, 0.15) is 50.6 Å². The lowest BCUT2D eigenvalue weighted by molar-refractivity contribution is 0.0493. The van der Waals surface area contributed by atoms with Crippen LogP contribution in [-0.4, -0.2) is 30.6 Å². The molecule has 0 unspecified atom stereocenters. The molecule has 0 spiro atoms. The van der Waals surface area contributed by atoms with E-state index in [0.717, 1.165) is 11.3 Å². The molecule has 3 rings (SSSR count). The number of ether oxygens (including phenoxy) is 3. The molecule has 0 saturated carbocycles. The highest BCUT2D eigenvalue weighted by atomic mass is 19.1. The molecule has 1 aromatic heterocycles. The Hall–Kier alpha value is -3.68. The number of esters is 1. The van der Waals surface area contributed by atoms with Crippen LogP contribution in [0.5, 0.6) is 11.5 Å². The predicted octanol–water partition coefficient (Wildman–Crippen LogP) is 4.84. The number of hydrogen-bond donors (Lipinski definition) is 0. The van der Waals surface area contributed by atoms with Crippen LogP contribution in [0.2, 0.25) is 0 Å². The lowest BCUT2D eigenvalue weighted by atomic mass is 10.1. The second-order valence-electron chi connectivity index (χ2n) is 7.13. The summed E-state index contributed by atoms with van der Waals surface area (Å²) in [6.45, 7) is 3.98. The van der Waals surface area contributed by atoms with Crippen molar-refractivity contribution in [3.05, 3.63) is 76.4 Å². The van der Waals surface area contributed by atoms with Crippen molar-refractivity contribution in [1.82, 2.24) is 5.16 Å². The lowest BCUT2D eigenvalue weighted by Crippen LogP contribution is -2.09. The SMILES string of the molecule is COc1cc(C(=O)OCCCC(=O)c2ccc(F)cc2)ccc1OCc1c(C)noc1C. The minimum absolute atomic E-state index is 0.0817. The first-order valence-corrected chi connectivity index (χ1v) is 10.1. The van der Waals surface area contributed by atoms with Gasteiger partial charge in [0.15, 0.2) is 17.3 Å². The number of benzene rings is 2. The van der Waals surface area contributed by atoms with Gasteiger partial charge in [-0.1, -0.05) is 5.16 Å². The maximum atomic E-state index is 12.9. The van der Waals surface area contributed by atoms with Gasteiger partial charge in [-0.25, -0.2) is 9.18 Å². The van der Waals surface area contributed by atoms with E-state index in [1.807, 2.05) is 13.8 Å². The van der Waals surface area contributed by atoms with Gasteiger partial charge in [0.05, 0.1) is 30.5 Å². The Bertz CT molecular complexity index is 1070. The maximum absolute atomic E-state index is 12.9. The van der Waals surface area contributed by atoms with Gasteiger partial charge in [0, 0.05) is 12.0 Å². The van der Waals surface area contributed by atoms with Crippen molar-refractivity contribution in [3.8, 4) is 11.5 Å². The number of Topliss-reactive ketones (excluding diaryl/α,β-unsaturated/α-hetero) is 1. The predicted molar refractivity (Wildman–Crippen MR) is 114 cm³/mol. The van der Waals surface area contributed by atoms with Crippen LogP contribution < -0.4 is 9.47 Å². The van der Waals surface area contributed by atoms with Gasteiger partial charge in [-0.3, -0.25) is 4.79 Å². The molecule has 0 N–H and O–H groups in total. The summed E-state index contributed by atoms with van der Waals surface area (Å²) in [4.78, 5) is 24.4. The second-order valence-corrected chi connectivity index (χ2v) is 7.13. The van der Waals surface area contributed by atoms with Crippen LogP contribution in [0, 0.1) is 19.7 Å². The van der Waals surface area contributed by atoms with Gasteiger partial charge in [0.25, 0.3) is 0 Å². The number of nitrogens with zero attached hydrogens (tertiary/aromatic N) is 1. The van der Waals surface area contributed by atoms with E-state index in [4.69, 9.17) is 18.7 Å². The fourth-order valence-corrected chi connectivity index (χ4v) is 3.03. The van der Waals surface area contributed by atoms with Crippen molar-refractivity contribution in [2.45, 2.75) is 33.3 Å². The monoisotopic (exact) mass is 441 g/mol. The van der Waals surface area contributed by atoms with Gasteiger partial charge in [0.2, 0.25) is 0 Å². The molecule has 8 heteroatoms. The van der Waals surface area contributed by atoms with Crippen molar-refractivity contribution >= 4 is 11.8 Å². The molecule has 0 fully saturated rings. The molecule has 7 nitrogen and oxygen atoms in total. The van der Waals surface area contributed by atoms with Gasteiger partial charge in [0.1, 0.15) is 18.2 Å². The van der Waals surface area contributed by atoms with E-state index >= 15 is 0 Å². The fourth-order valence-electron chi connectivity index (χ4n) is 3.03. The first-order chi connectivity index (χ1) is 15.4. The van der Waals surface area contributed by atoms with Crippen molar-refractivity contribution in [3.63, 3.8) is 0 Å². The standard InChI is InChI=1S/C24H24FNO6/c1-15-20(16(2)32-26-15)14-31-22-11-8-18(13-23(22)29-3)24(28)30-12-4-5-21(27)17-6-9-19(25)10-7-17/h6-11,13H,4-5,12,14H2,1-3H3. The van der Waals surface area contributed by atoms with E-state index in [1.54, 1.807) is 12.1 Å². The number of ketones is 1. The molecule has 0 aliphatic heterocycles. The first-order valence-electron chi connectivity index (χ1n) is 10.1. The largest absolute Gasteiger partial charge is 0.493 e. The zero-order valence-electron chi connectivity index (χ0n) is 18.1. The van der Waals surface area contributed by atoms with Gasteiger partial charge in [-0.05, 0) is 62.7 Å². The number of rotatable bonds is 10. The fraction of sp³-hybridized carbons (Fsp3) is 0.292. The van der Waals surface area contributed by atoms with Crippen molar-refractivity contribution < 1.29 is 32.7 Å². The summed E-state index contributed by atoms with van der Waals surface area (Å²) in [5, 5.41) is 3.89. The van der Waals surface area contributed by atoms with Crippen LogP contribution in [0.15, 0.2) is 47.0 Å². The van der Waals surface area contributed by atoms with Crippen molar-refractivity contribution in [2.24, 2.45) is 0 Å². The smallest absolute Gasteiger partial charge is 0.338 e. The summed E-state index contributed by atoms with van der Waals surface area (Å²) >= 11 is 0. The highest BCUT2D eigenvalue weighted by Crippen LogP contribution is 2.30. The number of halogens is 1. The zero-order chi connectivity index (χ0) is 23.1. The number of hydrogen-bond acceptors (Lipinski definition) is 7. The average molecular weight is 441 g/mol. The average Bonchev–Trinajstić information content (AvgIpc) is 3.12. The van der Waals surface area contributed by atoms with E-state index in [-0.39, 0.29) is 25.4 Å². The molecular weight excluding hydrogens is 417 g/mol. The maximum Gasteiger partial charge on any atom is 0.338 e. The highest BCUT2D eigenvalue weighted by molar-refractivity contribution is 5.96. The normalized spacial score (nSPS) is 10.6. The third-order valence-electron chi connectivity index (χ3n) is 4.90. The Labute approximate surface area is 185 Å². The molecule has 0 saturated heterocycles. The van der Waals surface area contributed by atoms with E-state index in [2.05, 4.69) is 5.16 Å². The lowest BCUT2D eigenvalue weighted by Gasteiger charge is -2.12. The molecule has 0 radical (unpaired) electrons. The molecule has 0 aliphatic carbocycles. The Morgan fingerprint density at radius 2 is 1.75 bits per heavy atom. The number of aryl methyl sites for hydroxylation is 2. The Balaban J connectivity index is 1.51.